The lowest BCUT2D eigenvalue weighted by atomic mass is 10.2. The number of nitrogens with zero attached hydrogens (tertiary/aromatic N) is 2. The van der Waals surface area contributed by atoms with Crippen molar-refractivity contribution in [3.63, 3.8) is 0 Å². The van der Waals surface area contributed by atoms with Gasteiger partial charge in [-0.05, 0) is 18.2 Å². The Labute approximate surface area is 176 Å². The molecule has 0 saturated heterocycles. The number of hydrogen-bond acceptors (Lipinski definition) is 4. The fourth-order valence-electron chi connectivity index (χ4n) is 2.47. The van der Waals surface area contributed by atoms with Gasteiger partial charge in [0.05, 0.1) is 28.7 Å². The number of thiazole rings is 1. The number of benzene rings is 2. The minimum Gasteiger partial charge on any atom is -0.336 e. The van der Waals surface area contributed by atoms with Gasteiger partial charge in [-0.1, -0.05) is 53.5 Å². The van der Waals surface area contributed by atoms with E-state index in [0.717, 1.165) is 10.6 Å². The van der Waals surface area contributed by atoms with Crippen LogP contribution in [0.4, 0.5) is 5.69 Å². The molecule has 5 nitrogen and oxygen atoms in total. The normalized spacial score (nSPS) is 10.5. The number of anilines is 1. The summed E-state index contributed by atoms with van der Waals surface area (Å²) in [6.07, 6.45) is 0.139. The molecule has 0 spiro atoms. The lowest BCUT2D eigenvalue weighted by molar-refractivity contribution is -0.132. The Morgan fingerprint density at radius 3 is 2.57 bits per heavy atom. The largest absolute Gasteiger partial charge is 0.336 e. The molecule has 1 N–H and O–H groups in total. The summed E-state index contributed by atoms with van der Waals surface area (Å²) in [7, 11) is 1.58. The lowest BCUT2D eigenvalue weighted by Gasteiger charge is -2.16. The molecule has 3 rings (SSSR count). The summed E-state index contributed by atoms with van der Waals surface area (Å²) in [6, 6.07) is 14.6. The molecule has 2 amide bonds. The molecule has 0 unspecified atom stereocenters. The first-order valence-corrected chi connectivity index (χ1v) is 10.0. The molecular weight excluding hydrogens is 417 g/mol. The minimum absolute atomic E-state index is 0.0746. The third kappa shape index (κ3) is 5.32. The summed E-state index contributed by atoms with van der Waals surface area (Å²) < 4.78 is 0. The van der Waals surface area contributed by atoms with E-state index in [4.69, 9.17) is 23.2 Å². The molecule has 0 saturated carbocycles. The Morgan fingerprint density at radius 2 is 1.86 bits per heavy atom. The van der Waals surface area contributed by atoms with Crippen LogP contribution in [-0.2, 0) is 16.0 Å². The topological polar surface area (TPSA) is 62.3 Å². The Kier molecular flexibility index (Phi) is 6.67. The maximum absolute atomic E-state index is 12.4. The average Bonchev–Trinajstić information content (AvgIpc) is 3.14. The van der Waals surface area contributed by atoms with Gasteiger partial charge in [0.2, 0.25) is 11.8 Å². The number of aromatic nitrogens is 1. The van der Waals surface area contributed by atoms with Gasteiger partial charge < -0.3 is 10.2 Å². The first-order valence-electron chi connectivity index (χ1n) is 8.41. The number of amides is 2. The molecular formula is C20H17Cl2N3O2S. The van der Waals surface area contributed by atoms with Crippen LogP contribution in [0.15, 0.2) is 53.9 Å². The van der Waals surface area contributed by atoms with E-state index in [2.05, 4.69) is 10.3 Å². The van der Waals surface area contributed by atoms with Gasteiger partial charge in [-0.2, -0.15) is 0 Å². The molecule has 0 aliphatic carbocycles. The summed E-state index contributed by atoms with van der Waals surface area (Å²) in [6.45, 7) is -0.0746. The van der Waals surface area contributed by atoms with E-state index in [1.54, 1.807) is 25.2 Å². The number of rotatable bonds is 6. The van der Waals surface area contributed by atoms with Crippen molar-refractivity contribution < 1.29 is 9.59 Å². The zero-order valence-electron chi connectivity index (χ0n) is 15.0. The fraction of sp³-hybridized carbons (Fsp3) is 0.150. The van der Waals surface area contributed by atoms with Gasteiger partial charge in [0.1, 0.15) is 5.01 Å². The third-order valence-electron chi connectivity index (χ3n) is 3.91. The molecule has 0 radical (unpaired) electrons. The van der Waals surface area contributed by atoms with Crippen molar-refractivity contribution >= 4 is 52.0 Å². The average molecular weight is 434 g/mol. The second-order valence-corrected chi connectivity index (χ2v) is 7.79. The number of nitrogens with one attached hydrogen (secondary N) is 1. The van der Waals surface area contributed by atoms with E-state index < -0.39 is 0 Å². The zero-order chi connectivity index (χ0) is 20.1. The summed E-state index contributed by atoms with van der Waals surface area (Å²) in [5.41, 5.74) is 2.22. The van der Waals surface area contributed by atoms with Gasteiger partial charge in [0, 0.05) is 23.7 Å². The van der Waals surface area contributed by atoms with Gasteiger partial charge in [-0.25, -0.2) is 4.98 Å². The van der Waals surface area contributed by atoms with Gasteiger partial charge in [0.25, 0.3) is 0 Å². The molecule has 144 valence electrons. The van der Waals surface area contributed by atoms with Crippen molar-refractivity contribution in [1.82, 2.24) is 9.88 Å². The van der Waals surface area contributed by atoms with E-state index in [0.29, 0.717) is 21.4 Å². The molecule has 0 fully saturated rings. The second kappa shape index (κ2) is 9.19. The number of hydrogen-bond donors (Lipinski definition) is 1. The molecule has 3 aromatic rings. The van der Waals surface area contributed by atoms with Crippen LogP contribution in [-0.4, -0.2) is 35.3 Å². The SMILES string of the molecule is CN(CC(=O)Nc1ccc(Cl)c(Cl)c1)C(=O)Cc1csc(-c2ccccc2)n1. The number of halogens is 2. The standard InChI is InChI=1S/C20H17Cl2N3O2S/c1-25(11-18(26)23-14-7-8-16(21)17(22)9-14)19(27)10-15-12-28-20(24-15)13-5-3-2-4-6-13/h2-9,12H,10-11H2,1H3,(H,23,26). The minimum atomic E-state index is -0.322. The van der Waals surface area contributed by atoms with Crippen molar-refractivity contribution in [3.8, 4) is 10.6 Å². The smallest absolute Gasteiger partial charge is 0.243 e. The highest BCUT2D eigenvalue weighted by atomic mass is 35.5. The van der Waals surface area contributed by atoms with Crippen LogP contribution >= 0.6 is 34.5 Å². The van der Waals surface area contributed by atoms with Crippen LogP contribution in [0.25, 0.3) is 10.6 Å². The van der Waals surface area contributed by atoms with Gasteiger partial charge >= 0.3 is 0 Å². The summed E-state index contributed by atoms with van der Waals surface area (Å²) >= 11 is 13.3. The highest BCUT2D eigenvalue weighted by Gasteiger charge is 2.16. The Balaban J connectivity index is 1.55. The second-order valence-electron chi connectivity index (χ2n) is 6.11. The van der Waals surface area contributed by atoms with Crippen molar-refractivity contribution in [2.24, 2.45) is 0 Å². The predicted molar refractivity (Wildman–Crippen MR) is 114 cm³/mol. The molecule has 0 bridgehead atoms. The van der Waals surface area contributed by atoms with E-state index >= 15 is 0 Å². The maximum Gasteiger partial charge on any atom is 0.243 e. The van der Waals surface area contributed by atoms with Crippen LogP contribution in [0.1, 0.15) is 5.69 Å². The highest BCUT2D eigenvalue weighted by molar-refractivity contribution is 7.13. The molecule has 1 aromatic heterocycles. The summed E-state index contributed by atoms with van der Waals surface area (Å²) in [5.74, 6) is -0.508. The van der Waals surface area contributed by atoms with Crippen LogP contribution < -0.4 is 5.32 Å². The quantitative estimate of drug-likeness (QED) is 0.609. The van der Waals surface area contributed by atoms with Crippen molar-refractivity contribution in [1.29, 1.82) is 0 Å². The summed E-state index contributed by atoms with van der Waals surface area (Å²) in [5, 5.41) is 6.18. The highest BCUT2D eigenvalue weighted by Crippen LogP contribution is 2.25. The number of carbonyl (C=O) groups is 2. The van der Waals surface area contributed by atoms with Crippen LogP contribution in [0.5, 0.6) is 0 Å². The van der Waals surface area contributed by atoms with Crippen LogP contribution in [0, 0.1) is 0 Å². The molecule has 0 atom stereocenters. The van der Waals surface area contributed by atoms with E-state index in [-0.39, 0.29) is 24.8 Å². The predicted octanol–water partition coefficient (Wildman–Crippen LogP) is 4.76. The molecule has 2 aromatic carbocycles. The molecule has 0 aliphatic heterocycles. The molecule has 0 aliphatic rings. The number of likely N-dealkylation sites (N-methyl/N-ethyl adjacent to an activating group) is 1. The van der Waals surface area contributed by atoms with Crippen LogP contribution in [0.2, 0.25) is 10.0 Å². The molecule has 28 heavy (non-hydrogen) atoms. The molecule has 1 heterocycles. The van der Waals surface area contributed by atoms with Crippen molar-refractivity contribution in [2.45, 2.75) is 6.42 Å². The Hall–Kier alpha value is -2.41. The van der Waals surface area contributed by atoms with Crippen molar-refractivity contribution in [2.75, 3.05) is 18.9 Å². The number of carbonyl (C=O) groups excluding carboxylic acids is 2. The maximum atomic E-state index is 12.4. The van der Waals surface area contributed by atoms with Gasteiger partial charge in [-0.3, -0.25) is 9.59 Å². The van der Waals surface area contributed by atoms with E-state index in [1.807, 2.05) is 35.7 Å². The van der Waals surface area contributed by atoms with Gasteiger partial charge in [-0.15, -0.1) is 11.3 Å². The third-order valence-corrected chi connectivity index (χ3v) is 5.59. The van der Waals surface area contributed by atoms with E-state index in [9.17, 15) is 9.59 Å². The van der Waals surface area contributed by atoms with Gasteiger partial charge in [0.15, 0.2) is 0 Å². The monoisotopic (exact) mass is 433 g/mol. The fourth-order valence-corrected chi connectivity index (χ4v) is 3.59. The first kappa shape index (κ1) is 20.3. The Morgan fingerprint density at radius 1 is 1.11 bits per heavy atom. The van der Waals surface area contributed by atoms with Crippen LogP contribution in [0.3, 0.4) is 0 Å². The Bertz CT molecular complexity index is 992. The van der Waals surface area contributed by atoms with Crippen molar-refractivity contribution in [3.05, 3.63) is 69.7 Å². The lowest BCUT2D eigenvalue weighted by Crippen LogP contribution is -2.35. The first-order chi connectivity index (χ1) is 13.4. The summed E-state index contributed by atoms with van der Waals surface area (Å²) in [4.78, 5) is 30.5. The zero-order valence-corrected chi connectivity index (χ0v) is 17.3. The molecule has 8 heteroatoms. The van der Waals surface area contributed by atoms with E-state index in [1.165, 1.54) is 16.2 Å².